The molecule has 0 atom stereocenters. The first-order valence-corrected chi connectivity index (χ1v) is 11.5. The minimum Gasteiger partial charge on any atom is -0.325 e. The molecule has 2 aromatic rings. The molecule has 7 heteroatoms. The summed E-state index contributed by atoms with van der Waals surface area (Å²) in [5.74, 6) is 0.111. The Morgan fingerprint density at radius 3 is 2.48 bits per heavy atom. The quantitative estimate of drug-likeness (QED) is 0.742. The molecule has 3 rings (SSSR count). The average molecular weight is 405 g/mol. The van der Waals surface area contributed by atoms with Crippen LogP contribution in [0.2, 0.25) is 0 Å². The van der Waals surface area contributed by atoms with Crippen LogP contribution in [0.25, 0.3) is 0 Å². The Morgan fingerprint density at radius 2 is 1.78 bits per heavy atom. The van der Waals surface area contributed by atoms with Gasteiger partial charge in [0.25, 0.3) is 0 Å². The molecule has 0 aromatic heterocycles. The van der Waals surface area contributed by atoms with E-state index in [4.69, 9.17) is 0 Å². The van der Waals surface area contributed by atoms with Crippen LogP contribution in [-0.4, -0.2) is 37.5 Å². The third-order valence-electron chi connectivity index (χ3n) is 4.46. The predicted molar refractivity (Wildman–Crippen MR) is 110 cm³/mol. The van der Waals surface area contributed by atoms with Gasteiger partial charge in [0.1, 0.15) is 0 Å². The topological polar surface area (TPSA) is 66.5 Å². The number of carbonyl (C=O) groups excluding carboxylic acids is 1. The molecule has 1 N–H and O–H groups in total. The van der Waals surface area contributed by atoms with Gasteiger partial charge in [-0.2, -0.15) is 4.31 Å². The van der Waals surface area contributed by atoms with Crippen molar-refractivity contribution in [1.82, 2.24) is 4.31 Å². The van der Waals surface area contributed by atoms with Crippen LogP contribution in [-0.2, 0) is 14.8 Å². The Kier molecular flexibility index (Phi) is 6.57. The second-order valence-electron chi connectivity index (χ2n) is 6.64. The lowest BCUT2D eigenvalue weighted by Gasteiger charge is -2.26. The number of benzene rings is 2. The number of anilines is 1. The van der Waals surface area contributed by atoms with E-state index in [-0.39, 0.29) is 16.6 Å². The molecule has 27 heavy (non-hydrogen) atoms. The van der Waals surface area contributed by atoms with E-state index < -0.39 is 10.0 Å². The molecule has 2 aromatic carbocycles. The minimum atomic E-state index is -3.50. The number of hydrogen-bond donors (Lipinski definition) is 1. The number of rotatable bonds is 6. The van der Waals surface area contributed by atoms with Gasteiger partial charge in [0.05, 0.1) is 10.6 Å². The highest BCUT2D eigenvalue weighted by Crippen LogP contribution is 2.23. The van der Waals surface area contributed by atoms with Gasteiger partial charge in [0.15, 0.2) is 0 Å². The lowest BCUT2D eigenvalue weighted by atomic mass is 10.2. The maximum absolute atomic E-state index is 12.8. The van der Waals surface area contributed by atoms with Gasteiger partial charge in [-0.1, -0.05) is 30.2 Å². The van der Waals surface area contributed by atoms with Crippen molar-refractivity contribution in [3.8, 4) is 0 Å². The number of sulfonamides is 1. The molecule has 0 radical (unpaired) electrons. The first-order valence-electron chi connectivity index (χ1n) is 9.05. The van der Waals surface area contributed by atoms with Crippen LogP contribution in [0.5, 0.6) is 0 Å². The van der Waals surface area contributed by atoms with Crippen LogP contribution in [0, 0.1) is 6.92 Å². The number of aryl methyl sites for hydroxylation is 1. The fourth-order valence-electron chi connectivity index (χ4n) is 2.97. The summed E-state index contributed by atoms with van der Waals surface area (Å²) < 4.78 is 27.1. The Balaban J connectivity index is 1.63. The van der Waals surface area contributed by atoms with Crippen molar-refractivity contribution >= 4 is 33.4 Å². The van der Waals surface area contributed by atoms with Crippen molar-refractivity contribution in [2.24, 2.45) is 0 Å². The van der Waals surface area contributed by atoms with Gasteiger partial charge in [-0.15, -0.1) is 11.8 Å². The van der Waals surface area contributed by atoms with E-state index in [9.17, 15) is 13.2 Å². The van der Waals surface area contributed by atoms with Crippen molar-refractivity contribution in [1.29, 1.82) is 0 Å². The summed E-state index contributed by atoms with van der Waals surface area (Å²) in [4.78, 5) is 13.5. The summed E-state index contributed by atoms with van der Waals surface area (Å²) in [6.07, 6.45) is 2.86. The van der Waals surface area contributed by atoms with Crippen molar-refractivity contribution in [3.63, 3.8) is 0 Å². The molecule has 0 aliphatic carbocycles. The Bertz CT molecular complexity index is 890. The number of piperidine rings is 1. The maximum atomic E-state index is 12.8. The summed E-state index contributed by atoms with van der Waals surface area (Å²) in [5.41, 5.74) is 1.68. The number of amides is 1. The summed E-state index contributed by atoms with van der Waals surface area (Å²) in [5, 5.41) is 2.80. The fourth-order valence-corrected chi connectivity index (χ4v) is 5.23. The van der Waals surface area contributed by atoms with Gasteiger partial charge in [0, 0.05) is 23.7 Å². The first kappa shape index (κ1) is 19.9. The zero-order valence-electron chi connectivity index (χ0n) is 15.3. The van der Waals surface area contributed by atoms with E-state index in [0.29, 0.717) is 18.8 Å². The van der Waals surface area contributed by atoms with E-state index in [1.807, 2.05) is 31.2 Å². The summed E-state index contributed by atoms with van der Waals surface area (Å²) >= 11 is 1.45. The molecule has 1 heterocycles. The largest absolute Gasteiger partial charge is 0.325 e. The van der Waals surface area contributed by atoms with Gasteiger partial charge in [-0.3, -0.25) is 4.79 Å². The minimum absolute atomic E-state index is 0.159. The van der Waals surface area contributed by atoms with Crippen molar-refractivity contribution in [2.45, 2.75) is 36.0 Å². The number of thioether (sulfide) groups is 1. The van der Waals surface area contributed by atoms with E-state index in [0.717, 1.165) is 24.2 Å². The van der Waals surface area contributed by atoms with Gasteiger partial charge in [-0.05, 0) is 50.1 Å². The third-order valence-corrected chi connectivity index (χ3v) is 7.37. The number of hydrogen-bond acceptors (Lipinski definition) is 4. The molecule has 1 fully saturated rings. The van der Waals surface area contributed by atoms with Gasteiger partial charge in [0.2, 0.25) is 15.9 Å². The van der Waals surface area contributed by atoms with Gasteiger partial charge in [-0.25, -0.2) is 8.42 Å². The monoisotopic (exact) mass is 404 g/mol. The maximum Gasteiger partial charge on any atom is 0.243 e. The smallest absolute Gasteiger partial charge is 0.243 e. The average Bonchev–Trinajstić information content (AvgIpc) is 2.68. The molecule has 1 aliphatic rings. The summed E-state index contributed by atoms with van der Waals surface area (Å²) in [6.45, 7) is 3.14. The van der Waals surface area contributed by atoms with Gasteiger partial charge < -0.3 is 5.32 Å². The molecule has 0 spiro atoms. The highest BCUT2D eigenvalue weighted by atomic mass is 32.2. The molecule has 1 saturated heterocycles. The van der Waals surface area contributed by atoms with Crippen LogP contribution in [0.15, 0.2) is 58.3 Å². The van der Waals surface area contributed by atoms with Crippen molar-refractivity contribution in [3.05, 3.63) is 54.1 Å². The Labute approximate surface area is 165 Å². The summed E-state index contributed by atoms with van der Waals surface area (Å²) in [7, 11) is -3.50. The molecular weight excluding hydrogens is 380 g/mol. The lowest BCUT2D eigenvalue weighted by Crippen LogP contribution is -2.35. The van der Waals surface area contributed by atoms with Crippen molar-refractivity contribution < 1.29 is 13.2 Å². The molecular formula is C20H24N2O3S2. The number of nitrogens with one attached hydrogen (secondary N) is 1. The highest BCUT2D eigenvalue weighted by molar-refractivity contribution is 8.00. The van der Waals surface area contributed by atoms with Crippen LogP contribution >= 0.6 is 11.8 Å². The molecule has 1 aliphatic heterocycles. The zero-order chi connectivity index (χ0) is 19.3. The zero-order valence-corrected chi connectivity index (χ0v) is 17.0. The fraction of sp³-hybridized carbons (Fsp3) is 0.350. The molecule has 144 valence electrons. The van der Waals surface area contributed by atoms with Crippen LogP contribution in [0.3, 0.4) is 0 Å². The number of carbonyl (C=O) groups is 1. The Hall–Kier alpha value is -1.83. The first-order chi connectivity index (χ1) is 12.9. The van der Waals surface area contributed by atoms with Crippen LogP contribution < -0.4 is 5.32 Å². The van der Waals surface area contributed by atoms with E-state index >= 15 is 0 Å². The normalized spacial score (nSPS) is 15.4. The summed E-state index contributed by atoms with van der Waals surface area (Å²) in [6, 6.07) is 14.5. The molecule has 0 bridgehead atoms. The lowest BCUT2D eigenvalue weighted by molar-refractivity contribution is -0.113. The second kappa shape index (κ2) is 8.91. The van der Waals surface area contributed by atoms with Crippen LogP contribution in [0.4, 0.5) is 5.69 Å². The molecule has 5 nitrogen and oxygen atoms in total. The van der Waals surface area contributed by atoms with Crippen LogP contribution in [0.1, 0.15) is 24.8 Å². The Morgan fingerprint density at radius 1 is 1.07 bits per heavy atom. The molecule has 1 amide bonds. The standard InChI is InChI=1S/C20H24N2O3S2/c1-16-8-10-18(11-9-16)26-15-20(23)21-17-6-5-7-19(14-17)27(24,25)22-12-3-2-4-13-22/h5-11,14H,2-4,12-13,15H2,1H3,(H,21,23). The van der Waals surface area contributed by atoms with E-state index in [2.05, 4.69) is 5.32 Å². The van der Waals surface area contributed by atoms with E-state index in [1.165, 1.54) is 21.6 Å². The molecule has 0 saturated carbocycles. The SMILES string of the molecule is Cc1ccc(SCC(=O)Nc2cccc(S(=O)(=O)N3CCCCC3)c2)cc1. The number of nitrogens with zero attached hydrogens (tertiary/aromatic N) is 1. The predicted octanol–water partition coefficient (Wildman–Crippen LogP) is 3.90. The van der Waals surface area contributed by atoms with Gasteiger partial charge >= 0.3 is 0 Å². The molecule has 0 unspecified atom stereocenters. The van der Waals surface area contributed by atoms with E-state index in [1.54, 1.807) is 24.3 Å². The second-order valence-corrected chi connectivity index (χ2v) is 9.63. The third kappa shape index (κ3) is 5.34. The highest BCUT2D eigenvalue weighted by Gasteiger charge is 2.26. The van der Waals surface area contributed by atoms with Crippen molar-refractivity contribution in [2.75, 3.05) is 24.2 Å².